The van der Waals surface area contributed by atoms with Gasteiger partial charge in [-0.2, -0.15) is 9.13 Å². The Hall–Kier alpha value is -3.52. The van der Waals surface area contributed by atoms with Crippen LogP contribution in [0.15, 0.2) is 76.7 Å². The maximum Gasteiger partial charge on any atom is 0.350 e. The number of nitrogens with zero attached hydrogens (tertiary/aromatic N) is 2. The molecule has 0 amide bonds. The van der Waals surface area contributed by atoms with Gasteiger partial charge in [-0.25, -0.2) is 9.59 Å². The van der Waals surface area contributed by atoms with E-state index in [0.29, 0.717) is 40.2 Å². The van der Waals surface area contributed by atoms with Gasteiger partial charge in [0, 0.05) is 11.3 Å². The number of hydrogen-bond donors (Lipinski definition) is 1. The van der Waals surface area contributed by atoms with Crippen LogP contribution in [-0.2, 0) is 9.53 Å². The summed E-state index contributed by atoms with van der Waals surface area (Å²) in [5.74, 6) is 0.445. The summed E-state index contributed by atoms with van der Waals surface area (Å²) in [5.41, 5.74) is 1.52. The summed E-state index contributed by atoms with van der Waals surface area (Å²) in [5, 5.41) is 11.5. The van der Waals surface area contributed by atoms with Gasteiger partial charge in [0.2, 0.25) is 0 Å². The van der Waals surface area contributed by atoms with Crippen LogP contribution in [0.4, 0.5) is 0 Å². The van der Waals surface area contributed by atoms with Crippen molar-refractivity contribution in [2.45, 2.75) is 25.9 Å². The second-order valence-electron chi connectivity index (χ2n) is 7.23. The van der Waals surface area contributed by atoms with E-state index in [4.69, 9.17) is 9.47 Å². The van der Waals surface area contributed by atoms with E-state index < -0.39 is 5.97 Å². The normalized spacial score (nSPS) is 10.6. The lowest BCUT2D eigenvalue weighted by Crippen LogP contribution is -2.43. The summed E-state index contributed by atoms with van der Waals surface area (Å²) in [7, 11) is 0. The Morgan fingerprint density at radius 3 is 2.42 bits per heavy atom. The van der Waals surface area contributed by atoms with Crippen molar-refractivity contribution in [3.8, 4) is 23.0 Å². The summed E-state index contributed by atoms with van der Waals surface area (Å²) >= 11 is 1.30. The maximum absolute atomic E-state index is 13.2. The first-order valence-electron chi connectivity index (χ1n) is 10.5. The van der Waals surface area contributed by atoms with Crippen LogP contribution in [0.3, 0.4) is 0 Å². The molecule has 0 aliphatic heterocycles. The first kappa shape index (κ1) is 24.1. The molecule has 0 aliphatic rings. The third-order valence-corrected chi connectivity index (χ3v) is 5.76. The highest BCUT2D eigenvalue weighted by atomic mass is 32.2. The van der Waals surface area contributed by atoms with Crippen LogP contribution < -0.4 is 14.9 Å². The van der Waals surface area contributed by atoms with Gasteiger partial charge in [-0.3, -0.25) is 0 Å². The molecule has 0 spiro atoms. The molecule has 1 aromatic heterocycles. The van der Waals surface area contributed by atoms with Crippen molar-refractivity contribution < 1.29 is 23.9 Å². The first-order chi connectivity index (χ1) is 15.8. The van der Waals surface area contributed by atoms with Gasteiger partial charge in [0.05, 0.1) is 6.61 Å². The van der Waals surface area contributed by atoms with Crippen molar-refractivity contribution in [3.05, 3.63) is 82.7 Å². The lowest BCUT2D eigenvalue weighted by atomic mass is 10.2. The maximum atomic E-state index is 13.2. The molecule has 3 aromatic rings. The Balaban J connectivity index is 2.12. The monoisotopic (exact) mass is 467 g/mol. The van der Waals surface area contributed by atoms with Gasteiger partial charge < -0.3 is 14.6 Å². The highest BCUT2D eigenvalue weighted by molar-refractivity contribution is 7.99. The summed E-state index contributed by atoms with van der Waals surface area (Å²) < 4.78 is 13.9. The standard InChI is InChI=1S/C25H26N2O5S/c1-5-31-21-13-11-20(12-14-21)27-23(29)18(4)22(28)26(19-9-7-6-8-10-19)25(27)33-16-15-32-24(30)17(2)3/h6-14H,2,5,15-16H2,1,3-4H3/p+1. The lowest BCUT2D eigenvalue weighted by Gasteiger charge is -2.14. The Morgan fingerprint density at radius 1 is 1.15 bits per heavy atom. The minimum atomic E-state index is -0.470. The molecule has 0 radical (unpaired) electrons. The number of aromatic nitrogens is 2. The van der Waals surface area contributed by atoms with E-state index >= 15 is 0 Å². The topological polar surface area (TPSA) is 81.6 Å². The second-order valence-corrected chi connectivity index (χ2v) is 8.30. The van der Waals surface area contributed by atoms with Gasteiger partial charge in [0.15, 0.2) is 0 Å². The summed E-state index contributed by atoms with van der Waals surface area (Å²) in [6, 6.07) is 16.4. The van der Waals surface area contributed by atoms with Crippen molar-refractivity contribution in [1.82, 2.24) is 4.57 Å². The molecular formula is C25H27N2O5S+. The van der Waals surface area contributed by atoms with Gasteiger partial charge in [-0.05, 0) is 68.9 Å². The van der Waals surface area contributed by atoms with Crippen LogP contribution in [0, 0.1) is 6.92 Å². The number of rotatable bonds is 9. The number of ether oxygens (including phenoxy) is 2. The Morgan fingerprint density at radius 2 is 1.82 bits per heavy atom. The predicted molar refractivity (Wildman–Crippen MR) is 128 cm³/mol. The molecule has 0 fully saturated rings. The Kier molecular flexibility index (Phi) is 7.95. The molecule has 0 atom stereocenters. The van der Waals surface area contributed by atoms with E-state index in [1.807, 2.05) is 61.5 Å². The number of para-hydroxylation sites is 1. The fraction of sp³-hybridized carbons (Fsp3) is 0.240. The lowest BCUT2D eigenvalue weighted by molar-refractivity contribution is -0.650. The molecule has 1 N–H and O–H groups in total. The van der Waals surface area contributed by atoms with Crippen LogP contribution in [0.25, 0.3) is 11.4 Å². The number of hydrogen-bond acceptors (Lipinski definition) is 6. The van der Waals surface area contributed by atoms with E-state index in [1.54, 1.807) is 23.0 Å². The molecule has 172 valence electrons. The molecule has 0 bridgehead atoms. The highest BCUT2D eigenvalue weighted by Gasteiger charge is 2.29. The largest absolute Gasteiger partial charge is 0.494 e. The van der Waals surface area contributed by atoms with E-state index in [2.05, 4.69) is 6.58 Å². The number of thioether (sulfide) groups is 1. The summed E-state index contributed by atoms with van der Waals surface area (Å²) in [6.07, 6.45) is 0. The average Bonchev–Trinajstić information content (AvgIpc) is 2.82. The minimum absolute atomic E-state index is 0.122. The van der Waals surface area contributed by atoms with Gasteiger partial charge >= 0.3 is 16.7 Å². The average molecular weight is 468 g/mol. The van der Waals surface area contributed by atoms with Gasteiger partial charge in [-0.15, -0.1) is 0 Å². The smallest absolute Gasteiger partial charge is 0.350 e. The molecular weight excluding hydrogens is 440 g/mol. The molecule has 7 nitrogen and oxygen atoms in total. The fourth-order valence-electron chi connectivity index (χ4n) is 3.12. The number of benzene rings is 2. The van der Waals surface area contributed by atoms with Crippen LogP contribution in [0.5, 0.6) is 11.6 Å². The van der Waals surface area contributed by atoms with Crippen molar-refractivity contribution in [2.24, 2.45) is 0 Å². The molecule has 33 heavy (non-hydrogen) atoms. The quantitative estimate of drug-likeness (QED) is 0.129. The molecule has 8 heteroatoms. The number of carbonyl (C=O) groups excluding carboxylic acids is 1. The number of carbonyl (C=O) groups is 1. The summed E-state index contributed by atoms with van der Waals surface area (Å²) in [4.78, 5) is 24.9. The second kappa shape index (κ2) is 10.9. The van der Waals surface area contributed by atoms with Crippen molar-refractivity contribution in [1.29, 1.82) is 0 Å². The molecule has 2 aromatic carbocycles. The SMILES string of the molecule is C=C(C)C(=O)OCCSc1n(-c2ccccc2)c(=O)c(C)c(O)[n+]1-c1ccc(OCC)cc1. The Bertz CT molecular complexity index is 1200. The summed E-state index contributed by atoms with van der Waals surface area (Å²) in [6.45, 7) is 9.32. The molecule has 3 rings (SSSR count). The molecule has 0 unspecified atom stereocenters. The van der Waals surface area contributed by atoms with Gasteiger partial charge in [0.25, 0.3) is 5.88 Å². The van der Waals surface area contributed by atoms with E-state index in [1.165, 1.54) is 11.8 Å². The van der Waals surface area contributed by atoms with E-state index in [-0.39, 0.29) is 23.6 Å². The van der Waals surface area contributed by atoms with Crippen LogP contribution in [0.1, 0.15) is 19.4 Å². The molecule has 0 saturated heterocycles. The van der Waals surface area contributed by atoms with E-state index in [9.17, 15) is 14.7 Å². The highest BCUT2D eigenvalue weighted by Crippen LogP contribution is 2.24. The van der Waals surface area contributed by atoms with Crippen molar-refractivity contribution >= 4 is 17.7 Å². The minimum Gasteiger partial charge on any atom is -0.494 e. The van der Waals surface area contributed by atoms with E-state index in [0.717, 1.165) is 0 Å². The molecule has 0 saturated carbocycles. The first-order valence-corrected chi connectivity index (χ1v) is 11.5. The Labute approximate surface area is 196 Å². The predicted octanol–water partition coefficient (Wildman–Crippen LogP) is 3.74. The van der Waals surface area contributed by atoms with Crippen LogP contribution in [0.2, 0.25) is 0 Å². The zero-order valence-corrected chi connectivity index (χ0v) is 19.7. The fourth-order valence-corrected chi connectivity index (χ4v) is 4.11. The zero-order chi connectivity index (χ0) is 24.0. The third-order valence-electron chi connectivity index (χ3n) is 4.77. The molecule has 0 aliphatic carbocycles. The van der Waals surface area contributed by atoms with Crippen molar-refractivity contribution in [3.63, 3.8) is 0 Å². The van der Waals surface area contributed by atoms with Gasteiger partial charge in [0.1, 0.15) is 29.3 Å². The number of aromatic hydroxyl groups is 1. The van der Waals surface area contributed by atoms with Crippen LogP contribution >= 0.6 is 11.8 Å². The third kappa shape index (κ3) is 5.46. The molecule has 1 heterocycles. The van der Waals surface area contributed by atoms with Crippen LogP contribution in [-0.4, -0.2) is 34.6 Å². The number of esters is 1. The van der Waals surface area contributed by atoms with Crippen molar-refractivity contribution in [2.75, 3.05) is 19.0 Å². The zero-order valence-electron chi connectivity index (χ0n) is 18.9. The van der Waals surface area contributed by atoms with Gasteiger partial charge in [-0.1, -0.05) is 24.8 Å².